The van der Waals surface area contributed by atoms with Crippen molar-refractivity contribution in [2.45, 2.75) is 13.0 Å². The highest BCUT2D eigenvalue weighted by Gasteiger charge is 2.23. The van der Waals surface area contributed by atoms with Crippen LogP contribution in [0.2, 0.25) is 0 Å². The molecule has 0 bridgehead atoms. The molecule has 0 spiro atoms. The lowest BCUT2D eigenvalue weighted by Gasteiger charge is -2.14. The molecule has 0 unspecified atom stereocenters. The number of primary amides is 1. The van der Waals surface area contributed by atoms with E-state index in [9.17, 15) is 9.59 Å². The van der Waals surface area contributed by atoms with Gasteiger partial charge in [0.2, 0.25) is 5.91 Å². The zero-order chi connectivity index (χ0) is 13.8. The van der Waals surface area contributed by atoms with Crippen molar-refractivity contribution in [1.29, 1.82) is 0 Å². The first kappa shape index (κ1) is 12.7. The number of amides is 2. The van der Waals surface area contributed by atoms with E-state index in [1.165, 1.54) is 0 Å². The van der Waals surface area contributed by atoms with Crippen LogP contribution in [0.4, 0.5) is 0 Å². The minimum absolute atomic E-state index is 0.0298. The van der Waals surface area contributed by atoms with Gasteiger partial charge in [-0.25, -0.2) is 4.63 Å². The molecule has 0 aliphatic carbocycles. The Hall–Kier alpha value is -2.70. The fourth-order valence-electron chi connectivity index (χ4n) is 1.60. The van der Waals surface area contributed by atoms with Crippen molar-refractivity contribution in [2.75, 3.05) is 0 Å². The number of nitrogens with two attached hydrogens (primary N) is 1. The molecule has 19 heavy (non-hydrogen) atoms. The predicted molar refractivity (Wildman–Crippen MR) is 64.9 cm³/mol. The van der Waals surface area contributed by atoms with Gasteiger partial charge in [-0.3, -0.25) is 9.59 Å². The zero-order valence-electron chi connectivity index (χ0n) is 10.2. The van der Waals surface area contributed by atoms with Gasteiger partial charge in [0, 0.05) is 0 Å². The Bertz CT molecular complexity index is 594. The second-order valence-electron chi connectivity index (χ2n) is 3.92. The fourth-order valence-corrected chi connectivity index (χ4v) is 1.60. The summed E-state index contributed by atoms with van der Waals surface area (Å²) in [6, 6.07) is 7.77. The maximum atomic E-state index is 11.9. The summed E-state index contributed by atoms with van der Waals surface area (Å²) in [5, 5.41) is 9.47. The van der Waals surface area contributed by atoms with Crippen molar-refractivity contribution in [3.8, 4) is 0 Å². The van der Waals surface area contributed by atoms with E-state index in [2.05, 4.69) is 20.3 Å². The SMILES string of the molecule is Cc1nonc1C(=O)N[C@H](C(N)=O)c1ccccc1. The number of aryl methyl sites for hydroxylation is 1. The minimum atomic E-state index is -0.926. The van der Waals surface area contributed by atoms with Gasteiger partial charge in [0.05, 0.1) is 0 Å². The maximum absolute atomic E-state index is 11.9. The summed E-state index contributed by atoms with van der Waals surface area (Å²) in [6.45, 7) is 1.58. The van der Waals surface area contributed by atoms with Crippen LogP contribution >= 0.6 is 0 Å². The lowest BCUT2D eigenvalue weighted by Crippen LogP contribution is -2.37. The molecule has 0 aliphatic heterocycles. The van der Waals surface area contributed by atoms with Gasteiger partial charge in [-0.05, 0) is 17.6 Å². The highest BCUT2D eigenvalue weighted by atomic mass is 16.6. The van der Waals surface area contributed by atoms with Crippen LogP contribution in [0, 0.1) is 6.92 Å². The van der Waals surface area contributed by atoms with Crippen molar-refractivity contribution < 1.29 is 14.2 Å². The molecule has 0 radical (unpaired) electrons. The number of hydrogen-bond acceptors (Lipinski definition) is 5. The third kappa shape index (κ3) is 2.76. The molecule has 2 rings (SSSR count). The molecule has 98 valence electrons. The average molecular weight is 260 g/mol. The average Bonchev–Trinajstić information content (AvgIpc) is 2.82. The molecule has 0 saturated carbocycles. The van der Waals surface area contributed by atoms with Crippen LogP contribution in [0.15, 0.2) is 35.0 Å². The van der Waals surface area contributed by atoms with Crippen LogP contribution < -0.4 is 11.1 Å². The van der Waals surface area contributed by atoms with Gasteiger partial charge < -0.3 is 11.1 Å². The monoisotopic (exact) mass is 260 g/mol. The number of benzene rings is 1. The summed E-state index contributed by atoms with van der Waals surface area (Å²) >= 11 is 0. The summed E-state index contributed by atoms with van der Waals surface area (Å²) in [6.07, 6.45) is 0. The summed E-state index contributed by atoms with van der Waals surface area (Å²) < 4.78 is 4.44. The number of nitrogens with one attached hydrogen (secondary N) is 1. The first-order valence-electron chi connectivity index (χ1n) is 5.54. The molecule has 1 aromatic carbocycles. The van der Waals surface area contributed by atoms with Crippen LogP contribution in [0.3, 0.4) is 0 Å². The number of nitrogens with zero attached hydrogens (tertiary/aromatic N) is 2. The Morgan fingerprint density at radius 1 is 1.26 bits per heavy atom. The number of carbonyl (C=O) groups excluding carboxylic acids is 2. The summed E-state index contributed by atoms with van der Waals surface area (Å²) in [5.41, 5.74) is 6.26. The highest BCUT2D eigenvalue weighted by molar-refractivity contribution is 5.96. The Balaban J connectivity index is 2.21. The van der Waals surface area contributed by atoms with Crippen LogP contribution in [0.25, 0.3) is 0 Å². The molecule has 0 fully saturated rings. The van der Waals surface area contributed by atoms with Crippen molar-refractivity contribution >= 4 is 11.8 Å². The van der Waals surface area contributed by atoms with E-state index in [0.29, 0.717) is 11.3 Å². The lowest BCUT2D eigenvalue weighted by molar-refractivity contribution is -0.120. The van der Waals surface area contributed by atoms with Gasteiger partial charge in [0.1, 0.15) is 11.7 Å². The Labute approximate surface area is 108 Å². The summed E-state index contributed by atoms with van der Waals surface area (Å²) in [7, 11) is 0. The highest BCUT2D eigenvalue weighted by Crippen LogP contribution is 2.13. The first-order chi connectivity index (χ1) is 9.09. The van der Waals surface area contributed by atoms with E-state index in [0.717, 1.165) is 0 Å². The van der Waals surface area contributed by atoms with Crippen molar-refractivity contribution in [2.24, 2.45) is 5.73 Å². The third-order valence-electron chi connectivity index (χ3n) is 2.56. The zero-order valence-corrected chi connectivity index (χ0v) is 10.2. The van der Waals surface area contributed by atoms with Crippen LogP contribution in [-0.4, -0.2) is 22.1 Å². The molecular weight excluding hydrogens is 248 g/mol. The normalized spacial score (nSPS) is 11.8. The minimum Gasteiger partial charge on any atom is -0.368 e. The summed E-state index contributed by atoms with van der Waals surface area (Å²) in [4.78, 5) is 23.4. The molecule has 2 aromatic rings. The number of hydrogen-bond donors (Lipinski definition) is 2. The van der Waals surface area contributed by atoms with Gasteiger partial charge in [-0.1, -0.05) is 35.5 Å². The topological polar surface area (TPSA) is 111 Å². The smallest absolute Gasteiger partial charge is 0.276 e. The largest absolute Gasteiger partial charge is 0.368 e. The molecule has 1 aromatic heterocycles. The predicted octanol–water partition coefficient (Wildman–Crippen LogP) is 0.334. The van der Waals surface area contributed by atoms with E-state index in [4.69, 9.17) is 5.73 Å². The van der Waals surface area contributed by atoms with Crippen LogP contribution in [0.1, 0.15) is 27.8 Å². The van der Waals surface area contributed by atoms with Gasteiger partial charge in [-0.2, -0.15) is 0 Å². The van der Waals surface area contributed by atoms with Crippen LogP contribution in [0.5, 0.6) is 0 Å². The van der Waals surface area contributed by atoms with Gasteiger partial charge in [0.15, 0.2) is 5.69 Å². The van der Waals surface area contributed by atoms with Crippen molar-refractivity contribution in [1.82, 2.24) is 15.6 Å². The van der Waals surface area contributed by atoms with Gasteiger partial charge in [0.25, 0.3) is 5.91 Å². The Kier molecular flexibility index (Phi) is 3.56. The molecule has 3 N–H and O–H groups in total. The van der Waals surface area contributed by atoms with Crippen molar-refractivity contribution in [3.63, 3.8) is 0 Å². The second-order valence-corrected chi connectivity index (χ2v) is 3.92. The lowest BCUT2D eigenvalue weighted by atomic mass is 10.1. The van der Waals surface area contributed by atoms with Gasteiger partial charge in [-0.15, -0.1) is 0 Å². The quantitative estimate of drug-likeness (QED) is 0.823. The first-order valence-corrected chi connectivity index (χ1v) is 5.54. The van der Waals surface area contributed by atoms with E-state index >= 15 is 0 Å². The Morgan fingerprint density at radius 2 is 1.95 bits per heavy atom. The summed E-state index contributed by atoms with van der Waals surface area (Å²) in [5.74, 6) is -1.22. The molecule has 2 amide bonds. The second kappa shape index (κ2) is 5.30. The molecule has 1 atom stereocenters. The molecule has 7 heteroatoms. The van der Waals surface area contributed by atoms with Crippen LogP contribution in [-0.2, 0) is 4.79 Å². The molecule has 0 aliphatic rings. The number of carbonyl (C=O) groups is 2. The van der Waals surface area contributed by atoms with E-state index in [1.54, 1.807) is 37.3 Å². The van der Waals surface area contributed by atoms with E-state index in [1.807, 2.05) is 0 Å². The van der Waals surface area contributed by atoms with E-state index in [-0.39, 0.29) is 5.69 Å². The van der Waals surface area contributed by atoms with Crippen molar-refractivity contribution in [3.05, 3.63) is 47.3 Å². The fraction of sp³-hybridized carbons (Fsp3) is 0.167. The maximum Gasteiger partial charge on any atom is 0.276 e. The standard InChI is InChI=1S/C12H12N4O3/c1-7-9(16-19-15-7)12(18)14-10(11(13)17)8-5-3-2-4-6-8/h2-6,10H,1H3,(H2,13,17)(H,14,18)/t10-/m0/s1. The molecule has 0 saturated heterocycles. The number of aromatic nitrogens is 2. The third-order valence-corrected chi connectivity index (χ3v) is 2.56. The number of rotatable bonds is 4. The molecular formula is C12H12N4O3. The molecule has 1 heterocycles. The van der Waals surface area contributed by atoms with E-state index < -0.39 is 17.9 Å². The Morgan fingerprint density at radius 3 is 2.47 bits per heavy atom. The van der Waals surface area contributed by atoms with Gasteiger partial charge >= 0.3 is 0 Å². The molecule has 7 nitrogen and oxygen atoms in total.